The molecule has 1 rings (SSSR count). The summed E-state index contributed by atoms with van der Waals surface area (Å²) in [5.74, 6) is 0.111. The van der Waals surface area contributed by atoms with Crippen LogP contribution in [0.1, 0.15) is 31.7 Å². The zero-order chi connectivity index (χ0) is 12.0. The highest BCUT2D eigenvalue weighted by molar-refractivity contribution is 9.09. The summed E-state index contributed by atoms with van der Waals surface area (Å²) >= 11 is 3.60. The van der Waals surface area contributed by atoms with Crippen molar-refractivity contribution in [3.63, 3.8) is 0 Å². The maximum Gasteiger partial charge on any atom is 0.168 e. The van der Waals surface area contributed by atoms with Crippen molar-refractivity contribution in [2.24, 2.45) is 0 Å². The molecular formula is C13H18BrFO. The second-order valence-corrected chi connectivity index (χ2v) is 5.15. The molecular weight excluding hydrogens is 271 g/mol. The van der Waals surface area contributed by atoms with Gasteiger partial charge in [0.25, 0.3) is 0 Å². The Morgan fingerprint density at radius 2 is 2.12 bits per heavy atom. The number of aryl methyl sites for hydroxylation is 1. The quantitative estimate of drug-likeness (QED) is 0.708. The van der Waals surface area contributed by atoms with Crippen molar-refractivity contribution in [3.8, 4) is 5.75 Å². The van der Waals surface area contributed by atoms with Crippen molar-refractivity contribution in [3.05, 3.63) is 29.6 Å². The smallest absolute Gasteiger partial charge is 0.168 e. The zero-order valence-corrected chi connectivity index (χ0v) is 11.4. The maximum atomic E-state index is 13.8. The van der Waals surface area contributed by atoms with Gasteiger partial charge < -0.3 is 4.74 Å². The topological polar surface area (TPSA) is 9.23 Å². The fraction of sp³-hybridized carbons (Fsp3) is 0.538. The van der Waals surface area contributed by atoms with Gasteiger partial charge in [-0.25, -0.2) is 4.39 Å². The van der Waals surface area contributed by atoms with Gasteiger partial charge in [-0.05, 0) is 30.9 Å². The molecule has 0 heterocycles. The molecule has 1 aromatic carbocycles. The molecule has 0 bridgehead atoms. The molecule has 0 radical (unpaired) electrons. The zero-order valence-electron chi connectivity index (χ0n) is 9.80. The van der Waals surface area contributed by atoms with Crippen LogP contribution in [-0.4, -0.2) is 11.9 Å². The molecule has 0 N–H and O–H groups in total. The molecule has 90 valence electrons. The van der Waals surface area contributed by atoms with Gasteiger partial charge >= 0.3 is 0 Å². The van der Waals surface area contributed by atoms with Gasteiger partial charge in [0.05, 0.1) is 7.11 Å². The van der Waals surface area contributed by atoms with E-state index in [1.807, 2.05) is 12.1 Å². The van der Waals surface area contributed by atoms with Gasteiger partial charge in [0.2, 0.25) is 0 Å². The van der Waals surface area contributed by atoms with Crippen LogP contribution in [-0.2, 0) is 6.42 Å². The molecule has 0 spiro atoms. The summed E-state index contributed by atoms with van der Waals surface area (Å²) in [7, 11) is 1.49. The predicted molar refractivity (Wildman–Crippen MR) is 68.9 cm³/mol. The number of benzene rings is 1. The molecule has 1 aromatic rings. The van der Waals surface area contributed by atoms with E-state index in [1.165, 1.54) is 7.11 Å². The minimum absolute atomic E-state index is 0.221. The first-order chi connectivity index (χ1) is 7.69. The van der Waals surface area contributed by atoms with Crippen molar-refractivity contribution in [1.82, 2.24) is 0 Å². The Bertz CT molecular complexity index is 328. The normalized spacial score (nSPS) is 12.5. The summed E-state index contributed by atoms with van der Waals surface area (Å²) in [6.07, 6.45) is 3.99. The van der Waals surface area contributed by atoms with E-state index in [2.05, 4.69) is 22.9 Å². The Labute approximate surface area is 105 Å². The number of ether oxygens (including phenoxy) is 1. The molecule has 0 aliphatic heterocycles. The second kappa shape index (κ2) is 6.89. The predicted octanol–water partition coefficient (Wildman–Crippen LogP) is 4.33. The third-order valence-electron chi connectivity index (χ3n) is 2.59. The summed E-state index contributed by atoms with van der Waals surface area (Å²) < 4.78 is 18.7. The molecule has 0 fully saturated rings. The van der Waals surface area contributed by atoms with Crippen molar-refractivity contribution in [1.29, 1.82) is 0 Å². The lowest BCUT2D eigenvalue weighted by Crippen LogP contribution is -2.02. The number of rotatable bonds is 6. The van der Waals surface area contributed by atoms with Crippen LogP contribution in [0.2, 0.25) is 0 Å². The van der Waals surface area contributed by atoms with E-state index in [4.69, 9.17) is 4.74 Å². The third-order valence-corrected chi connectivity index (χ3v) is 3.51. The van der Waals surface area contributed by atoms with Crippen LogP contribution >= 0.6 is 15.9 Å². The van der Waals surface area contributed by atoms with Crippen LogP contribution in [0.15, 0.2) is 18.2 Å². The summed E-state index contributed by atoms with van der Waals surface area (Å²) in [5, 5.41) is 0. The third kappa shape index (κ3) is 3.78. The highest BCUT2D eigenvalue weighted by Crippen LogP contribution is 2.23. The number of hydrogen-bond donors (Lipinski definition) is 0. The van der Waals surface area contributed by atoms with E-state index in [9.17, 15) is 4.39 Å². The molecule has 0 aliphatic carbocycles. The van der Waals surface area contributed by atoms with E-state index >= 15 is 0 Å². The lowest BCUT2D eigenvalue weighted by Gasteiger charge is -2.10. The summed E-state index contributed by atoms with van der Waals surface area (Å²) in [4.78, 5) is 0.475. The van der Waals surface area contributed by atoms with Gasteiger partial charge in [0.15, 0.2) is 11.6 Å². The number of alkyl halides is 1. The Morgan fingerprint density at radius 3 is 2.75 bits per heavy atom. The van der Waals surface area contributed by atoms with E-state index in [1.54, 1.807) is 6.07 Å². The van der Waals surface area contributed by atoms with Crippen molar-refractivity contribution < 1.29 is 9.13 Å². The second-order valence-electron chi connectivity index (χ2n) is 3.86. The Kier molecular flexibility index (Phi) is 5.81. The van der Waals surface area contributed by atoms with Gasteiger partial charge in [0.1, 0.15) is 0 Å². The van der Waals surface area contributed by atoms with E-state index < -0.39 is 0 Å². The highest BCUT2D eigenvalue weighted by atomic mass is 79.9. The monoisotopic (exact) mass is 288 g/mol. The molecule has 1 atom stereocenters. The summed E-state index contributed by atoms with van der Waals surface area (Å²) in [5.41, 5.74) is 0.736. The highest BCUT2D eigenvalue weighted by Gasteiger charge is 2.10. The van der Waals surface area contributed by atoms with Gasteiger partial charge in [-0.1, -0.05) is 41.4 Å². The molecule has 0 aromatic heterocycles. The minimum Gasteiger partial charge on any atom is -0.494 e. The molecule has 16 heavy (non-hydrogen) atoms. The lowest BCUT2D eigenvalue weighted by molar-refractivity contribution is 0.384. The average Bonchev–Trinajstić information content (AvgIpc) is 2.28. The van der Waals surface area contributed by atoms with Crippen molar-refractivity contribution in [2.75, 3.05) is 7.11 Å². The van der Waals surface area contributed by atoms with Crippen molar-refractivity contribution in [2.45, 2.75) is 37.4 Å². The first-order valence-electron chi connectivity index (χ1n) is 5.64. The number of methoxy groups -OCH3 is 1. The summed E-state index contributed by atoms with van der Waals surface area (Å²) in [6.45, 7) is 2.15. The number of halogens is 2. The molecule has 0 amide bonds. The molecule has 1 nitrogen and oxygen atoms in total. The Hall–Kier alpha value is -0.570. The standard InChI is InChI=1S/C13H18BrFO/c1-3-5-11(14)9-8-10-6-4-7-12(16-2)13(10)15/h4,6-7,11H,3,5,8-9H2,1-2H3. The van der Waals surface area contributed by atoms with Gasteiger partial charge in [-0.2, -0.15) is 0 Å². The Morgan fingerprint density at radius 1 is 1.38 bits per heavy atom. The first kappa shape index (κ1) is 13.5. The van der Waals surface area contributed by atoms with Crippen molar-refractivity contribution >= 4 is 15.9 Å². The molecule has 0 saturated carbocycles. The minimum atomic E-state index is -0.221. The van der Waals surface area contributed by atoms with Crippen LogP contribution < -0.4 is 4.74 Å². The molecule has 0 saturated heterocycles. The van der Waals surface area contributed by atoms with Crippen LogP contribution in [0.3, 0.4) is 0 Å². The van der Waals surface area contributed by atoms with Crippen LogP contribution in [0.25, 0.3) is 0 Å². The average molecular weight is 289 g/mol. The molecule has 1 unspecified atom stereocenters. The fourth-order valence-corrected chi connectivity index (χ4v) is 2.36. The largest absolute Gasteiger partial charge is 0.494 e. The molecule has 3 heteroatoms. The van der Waals surface area contributed by atoms with E-state index in [0.717, 1.165) is 31.2 Å². The fourth-order valence-electron chi connectivity index (χ4n) is 1.68. The van der Waals surface area contributed by atoms with Crippen LogP contribution in [0.5, 0.6) is 5.75 Å². The van der Waals surface area contributed by atoms with Gasteiger partial charge in [-0.15, -0.1) is 0 Å². The molecule has 0 aliphatic rings. The lowest BCUT2D eigenvalue weighted by atomic mass is 10.1. The van der Waals surface area contributed by atoms with E-state index in [-0.39, 0.29) is 5.82 Å². The first-order valence-corrected chi connectivity index (χ1v) is 6.56. The van der Waals surface area contributed by atoms with Crippen LogP contribution in [0.4, 0.5) is 4.39 Å². The number of hydrogen-bond acceptors (Lipinski definition) is 1. The van der Waals surface area contributed by atoms with Gasteiger partial charge in [-0.3, -0.25) is 0 Å². The maximum absolute atomic E-state index is 13.8. The van der Waals surface area contributed by atoms with Gasteiger partial charge in [0, 0.05) is 4.83 Å². The van der Waals surface area contributed by atoms with Crippen LogP contribution in [0, 0.1) is 5.82 Å². The Balaban J connectivity index is 2.60. The van der Waals surface area contributed by atoms with E-state index in [0.29, 0.717) is 10.6 Å². The SMILES string of the molecule is CCCC(Br)CCc1cccc(OC)c1F. The summed E-state index contributed by atoms with van der Waals surface area (Å²) in [6, 6.07) is 5.31.